The van der Waals surface area contributed by atoms with E-state index >= 15 is 0 Å². The van der Waals surface area contributed by atoms with Crippen LogP contribution in [0.15, 0.2) is 18.2 Å². The topological polar surface area (TPSA) is 61.3 Å². The monoisotopic (exact) mass is 246 g/mol. The fourth-order valence-corrected chi connectivity index (χ4v) is 1.57. The van der Waals surface area contributed by atoms with Gasteiger partial charge in [-0.2, -0.15) is 0 Å². The van der Waals surface area contributed by atoms with Crippen molar-refractivity contribution in [3.05, 3.63) is 23.8 Å². The minimum atomic E-state index is 0.356. The summed E-state index contributed by atoms with van der Waals surface area (Å²) in [6.07, 6.45) is 0.776. The van der Waals surface area contributed by atoms with Gasteiger partial charge in [0.2, 0.25) is 0 Å². The molecule has 0 saturated heterocycles. The highest BCUT2D eigenvalue weighted by Crippen LogP contribution is 2.25. The molecule has 1 aromatic heterocycles. The summed E-state index contributed by atoms with van der Waals surface area (Å²) in [5.41, 5.74) is 1.85. The first kappa shape index (κ1) is 12.3. The van der Waals surface area contributed by atoms with Gasteiger partial charge >= 0.3 is 0 Å². The van der Waals surface area contributed by atoms with Crippen molar-refractivity contribution in [2.24, 2.45) is 0 Å². The van der Waals surface area contributed by atoms with E-state index in [1.807, 2.05) is 13.8 Å². The maximum atomic E-state index is 10.7. The van der Waals surface area contributed by atoms with Crippen LogP contribution in [0.25, 0.3) is 11.0 Å². The number of ether oxygens (including phenoxy) is 2. The Balaban J connectivity index is 2.55. The first-order valence-corrected chi connectivity index (χ1v) is 5.81. The predicted octanol–water partition coefficient (Wildman–Crippen LogP) is 2.24. The normalized spacial score (nSPS) is 10.3. The van der Waals surface area contributed by atoms with E-state index in [1.165, 1.54) is 0 Å². The van der Waals surface area contributed by atoms with E-state index in [0.717, 1.165) is 6.29 Å². The van der Waals surface area contributed by atoms with Crippen molar-refractivity contribution in [3.8, 4) is 11.8 Å². The van der Waals surface area contributed by atoms with E-state index in [2.05, 4.69) is 9.97 Å². The SMILES string of the molecule is CCOc1nc2ccc(C=O)cc2nc1OCC. The van der Waals surface area contributed by atoms with Crippen LogP contribution in [0.5, 0.6) is 11.8 Å². The fourth-order valence-electron chi connectivity index (χ4n) is 1.57. The Bertz CT molecular complexity index is 569. The Morgan fingerprint density at radius 2 is 1.67 bits per heavy atom. The van der Waals surface area contributed by atoms with Gasteiger partial charge in [-0.15, -0.1) is 0 Å². The lowest BCUT2D eigenvalue weighted by molar-refractivity contribution is 0.112. The van der Waals surface area contributed by atoms with Gasteiger partial charge in [0.25, 0.3) is 11.8 Å². The lowest BCUT2D eigenvalue weighted by Gasteiger charge is -2.09. The zero-order valence-electron chi connectivity index (χ0n) is 10.3. The lowest BCUT2D eigenvalue weighted by atomic mass is 10.2. The van der Waals surface area contributed by atoms with E-state index in [4.69, 9.17) is 9.47 Å². The summed E-state index contributed by atoms with van der Waals surface area (Å²) < 4.78 is 10.8. The molecule has 2 aromatic rings. The lowest BCUT2D eigenvalue weighted by Crippen LogP contribution is -2.03. The molecule has 0 amide bonds. The molecule has 0 spiro atoms. The molecule has 94 valence electrons. The highest BCUT2D eigenvalue weighted by atomic mass is 16.5. The molecule has 0 aliphatic rings. The van der Waals surface area contributed by atoms with Crippen LogP contribution in [0.4, 0.5) is 0 Å². The summed E-state index contributed by atoms with van der Waals surface area (Å²) in [5, 5.41) is 0. The molecular formula is C13H14N2O3. The molecule has 0 aliphatic carbocycles. The molecule has 0 N–H and O–H groups in total. The minimum Gasteiger partial charge on any atom is -0.474 e. The maximum Gasteiger partial charge on any atom is 0.278 e. The second kappa shape index (κ2) is 5.44. The summed E-state index contributed by atoms with van der Waals surface area (Å²) in [4.78, 5) is 19.4. The molecular weight excluding hydrogens is 232 g/mol. The second-order valence-corrected chi connectivity index (χ2v) is 3.57. The molecule has 0 bridgehead atoms. The number of rotatable bonds is 5. The van der Waals surface area contributed by atoms with Crippen molar-refractivity contribution in [1.82, 2.24) is 9.97 Å². The number of hydrogen-bond acceptors (Lipinski definition) is 5. The molecule has 0 atom stereocenters. The Labute approximate surface area is 105 Å². The molecule has 5 heteroatoms. The van der Waals surface area contributed by atoms with Crippen LogP contribution in [-0.2, 0) is 0 Å². The van der Waals surface area contributed by atoms with Crippen molar-refractivity contribution in [2.75, 3.05) is 13.2 Å². The number of carbonyl (C=O) groups is 1. The number of carbonyl (C=O) groups excluding carboxylic acids is 1. The van der Waals surface area contributed by atoms with Gasteiger partial charge in [0.1, 0.15) is 6.29 Å². The molecule has 18 heavy (non-hydrogen) atoms. The van der Waals surface area contributed by atoms with E-state index in [-0.39, 0.29) is 0 Å². The van der Waals surface area contributed by atoms with E-state index in [9.17, 15) is 4.79 Å². The molecule has 0 fully saturated rings. The van der Waals surface area contributed by atoms with Gasteiger partial charge in [-0.3, -0.25) is 4.79 Å². The Hall–Kier alpha value is -2.17. The van der Waals surface area contributed by atoms with Gasteiger partial charge in [-0.05, 0) is 32.0 Å². The summed E-state index contributed by atoms with van der Waals surface area (Å²) in [7, 11) is 0. The summed E-state index contributed by atoms with van der Waals surface area (Å²) in [6, 6.07) is 5.11. The van der Waals surface area contributed by atoms with Crippen LogP contribution in [0.1, 0.15) is 24.2 Å². The fraction of sp³-hybridized carbons (Fsp3) is 0.308. The van der Waals surface area contributed by atoms with E-state index < -0.39 is 0 Å². The zero-order valence-corrected chi connectivity index (χ0v) is 10.3. The van der Waals surface area contributed by atoms with Gasteiger partial charge in [-0.1, -0.05) is 0 Å². The maximum absolute atomic E-state index is 10.7. The van der Waals surface area contributed by atoms with Crippen molar-refractivity contribution in [3.63, 3.8) is 0 Å². The Morgan fingerprint density at radius 1 is 1.06 bits per heavy atom. The van der Waals surface area contributed by atoms with E-state index in [1.54, 1.807) is 18.2 Å². The molecule has 1 aromatic carbocycles. The Morgan fingerprint density at radius 3 is 2.22 bits per heavy atom. The zero-order chi connectivity index (χ0) is 13.0. The van der Waals surface area contributed by atoms with Crippen molar-refractivity contribution < 1.29 is 14.3 Å². The quantitative estimate of drug-likeness (QED) is 0.757. The van der Waals surface area contributed by atoms with Crippen molar-refractivity contribution in [1.29, 1.82) is 0 Å². The van der Waals surface area contributed by atoms with Crippen LogP contribution in [0.3, 0.4) is 0 Å². The standard InChI is InChI=1S/C13H14N2O3/c1-3-17-12-13(18-4-2)15-11-7-9(8-16)5-6-10(11)14-12/h5-8H,3-4H2,1-2H3. The van der Waals surface area contributed by atoms with Crippen LogP contribution >= 0.6 is 0 Å². The van der Waals surface area contributed by atoms with Gasteiger partial charge in [0, 0.05) is 5.56 Å². The number of benzene rings is 1. The van der Waals surface area contributed by atoms with Crippen LogP contribution < -0.4 is 9.47 Å². The predicted molar refractivity (Wildman–Crippen MR) is 67.3 cm³/mol. The Kier molecular flexibility index (Phi) is 3.72. The van der Waals surface area contributed by atoms with Gasteiger partial charge in [0.05, 0.1) is 24.2 Å². The number of hydrogen-bond donors (Lipinski definition) is 0. The number of aromatic nitrogens is 2. The molecule has 1 heterocycles. The van der Waals surface area contributed by atoms with Crippen molar-refractivity contribution in [2.45, 2.75) is 13.8 Å². The number of aldehydes is 1. The van der Waals surface area contributed by atoms with Gasteiger partial charge < -0.3 is 9.47 Å². The summed E-state index contributed by atoms with van der Waals surface area (Å²) in [6.45, 7) is 4.71. The highest BCUT2D eigenvalue weighted by Gasteiger charge is 2.11. The first-order chi connectivity index (χ1) is 8.78. The third kappa shape index (κ3) is 2.40. The molecule has 0 saturated carbocycles. The van der Waals surface area contributed by atoms with E-state index in [0.29, 0.717) is 41.6 Å². The third-order valence-corrected chi connectivity index (χ3v) is 2.32. The molecule has 2 rings (SSSR count). The van der Waals surface area contributed by atoms with Gasteiger partial charge in [0.15, 0.2) is 0 Å². The van der Waals surface area contributed by atoms with Crippen LogP contribution in [-0.4, -0.2) is 29.5 Å². The first-order valence-electron chi connectivity index (χ1n) is 5.81. The van der Waals surface area contributed by atoms with Crippen LogP contribution in [0, 0.1) is 0 Å². The molecule has 0 unspecified atom stereocenters. The largest absolute Gasteiger partial charge is 0.474 e. The molecule has 5 nitrogen and oxygen atoms in total. The minimum absolute atomic E-state index is 0.356. The number of nitrogens with zero attached hydrogens (tertiary/aromatic N) is 2. The number of fused-ring (bicyclic) bond motifs is 1. The van der Waals surface area contributed by atoms with Crippen LogP contribution in [0.2, 0.25) is 0 Å². The summed E-state index contributed by atoms with van der Waals surface area (Å²) in [5.74, 6) is 0.737. The van der Waals surface area contributed by atoms with Gasteiger partial charge in [-0.25, -0.2) is 9.97 Å². The molecule has 0 aliphatic heterocycles. The second-order valence-electron chi connectivity index (χ2n) is 3.57. The molecule has 0 radical (unpaired) electrons. The smallest absolute Gasteiger partial charge is 0.278 e. The third-order valence-electron chi connectivity index (χ3n) is 2.32. The summed E-state index contributed by atoms with van der Waals surface area (Å²) >= 11 is 0. The average molecular weight is 246 g/mol. The average Bonchev–Trinajstić information content (AvgIpc) is 2.39. The highest BCUT2D eigenvalue weighted by molar-refractivity contribution is 5.84. The van der Waals surface area contributed by atoms with Crippen molar-refractivity contribution >= 4 is 17.3 Å².